The molecular formula is C17H20F2N6O. The van der Waals surface area contributed by atoms with E-state index in [-0.39, 0.29) is 18.3 Å². The predicted octanol–water partition coefficient (Wildman–Crippen LogP) is 4.08. The van der Waals surface area contributed by atoms with Crippen LogP contribution in [0.4, 0.5) is 26.0 Å². The van der Waals surface area contributed by atoms with Crippen molar-refractivity contribution < 1.29 is 13.6 Å². The number of anilines is 3. The zero-order valence-corrected chi connectivity index (χ0v) is 14.4. The third kappa shape index (κ3) is 6.88. The minimum atomic E-state index is -1.17. The van der Waals surface area contributed by atoms with Crippen LogP contribution in [0.25, 0.3) is 0 Å². The van der Waals surface area contributed by atoms with Crippen LogP contribution < -0.4 is 10.6 Å². The van der Waals surface area contributed by atoms with E-state index in [4.69, 9.17) is 0 Å². The SMILES string of the molecule is CCCCCN=NCC(=O)Nc1cccc(Nc2cc(F)nc(F)n2)c1. The summed E-state index contributed by atoms with van der Waals surface area (Å²) in [6.45, 7) is 2.66. The fraction of sp³-hybridized carbons (Fsp3) is 0.353. The van der Waals surface area contributed by atoms with E-state index in [0.717, 1.165) is 25.3 Å². The lowest BCUT2D eigenvalue weighted by atomic mass is 10.2. The van der Waals surface area contributed by atoms with Gasteiger partial charge >= 0.3 is 6.08 Å². The van der Waals surface area contributed by atoms with E-state index in [1.165, 1.54) is 0 Å². The molecule has 0 aliphatic carbocycles. The number of halogens is 2. The van der Waals surface area contributed by atoms with Gasteiger partial charge in [-0.2, -0.15) is 29.0 Å². The van der Waals surface area contributed by atoms with Gasteiger partial charge in [0.2, 0.25) is 11.9 Å². The normalized spacial score (nSPS) is 10.9. The molecule has 138 valence electrons. The van der Waals surface area contributed by atoms with Gasteiger partial charge in [0.25, 0.3) is 0 Å². The minimum Gasteiger partial charge on any atom is -0.340 e. The molecule has 1 heterocycles. The van der Waals surface area contributed by atoms with Crippen molar-refractivity contribution in [3.8, 4) is 0 Å². The molecule has 7 nitrogen and oxygen atoms in total. The van der Waals surface area contributed by atoms with Crippen molar-refractivity contribution in [2.45, 2.75) is 26.2 Å². The van der Waals surface area contributed by atoms with Crippen LogP contribution in [0.5, 0.6) is 0 Å². The minimum absolute atomic E-state index is 0.0284. The van der Waals surface area contributed by atoms with Crippen LogP contribution in [0.1, 0.15) is 26.2 Å². The number of carbonyl (C=O) groups excluding carboxylic acids is 1. The van der Waals surface area contributed by atoms with E-state index in [0.29, 0.717) is 17.9 Å². The van der Waals surface area contributed by atoms with Crippen LogP contribution in [-0.2, 0) is 4.79 Å². The number of amides is 1. The Morgan fingerprint density at radius 1 is 1.12 bits per heavy atom. The van der Waals surface area contributed by atoms with Gasteiger partial charge in [-0.05, 0) is 24.6 Å². The molecule has 1 amide bonds. The fourth-order valence-corrected chi connectivity index (χ4v) is 2.09. The van der Waals surface area contributed by atoms with Crippen LogP contribution in [0.2, 0.25) is 0 Å². The molecule has 9 heteroatoms. The maximum atomic E-state index is 13.1. The molecule has 1 aromatic heterocycles. The molecule has 1 aromatic carbocycles. The second kappa shape index (κ2) is 10.1. The first-order chi connectivity index (χ1) is 12.6. The van der Waals surface area contributed by atoms with E-state index < -0.39 is 12.0 Å². The van der Waals surface area contributed by atoms with E-state index in [2.05, 4.69) is 37.8 Å². The van der Waals surface area contributed by atoms with Crippen molar-refractivity contribution >= 4 is 23.1 Å². The summed E-state index contributed by atoms with van der Waals surface area (Å²) < 4.78 is 26.1. The first kappa shape index (κ1) is 19.4. The van der Waals surface area contributed by atoms with Crippen LogP contribution in [0.15, 0.2) is 40.6 Å². The lowest BCUT2D eigenvalue weighted by Crippen LogP contribution is -2.14. The number of azo groups is 1. The second-order valence-electron chi connectivity index (χ2n) is 5.47. The molecule has 2 N–H and O–H groups in total. The summed E-state index contributed by atoms with van der Waals surface area (Å²) >= 11 is 0. The summed E-state index contributed by atoms with van der Waals surface area (Å²) in [6, 6.07) is 7.60. The fourth-order valence-electron chi connectivity index (χ4n) is 2.09. The highest BCUT2D eigenvalue weighted by atomic mass is 19.1. The summed E-state index contributed by atoms with van der Waals surface area (Å²) in [7, 11) is 0. The predicted molar refractivity (Wildman–Crippen MR) is 94.4 cm³/mol. The lowest BCUT2D eigenvalue weighted by molar-refractivity contribution is -0.114. The van der Waals surface area contributed by atoms with Crippen molar-refractivity contribution in [3.63, 3.8) is 0 Å². The van der Waals surface area contributed by atoms with Crippen molar-refractivity contribution in [2.24, 2.45) is 10.2 Å². The Bertz CT molecular complexity index is 748. The molecular weight excluding hydrogens is 342 g/mol. The molecule has 0 saturated carbocycles. The average Bonchev–Trinajstić information content (AvgIpc) is 2.57. The number of benzene rings is 1. The summed E-state index contributed by atoms with van der Waals surface area (Å²) in [6.07, 6.45) is 1.99. The number of rotatable bonds is 9. The maximum Gasteiger partial charge on any atom is 0.313 e. The number of carbonyl (C=O) groups is 1. The zero-order valence-electron chi connectivity index (χ0n) is 14.4. The molecule has 0 aliphatic heterocycles. The van der Waals surface area contributed by atoms with Gasteiger partial charge in [0, 0.05) is 17.4 Å². The molecule has 26 heavy (non-hydrogen) atoms. The Balaban J connectivity index is 1.89. The van der Waals surface area contributed by atoms with E-state index in [1.807, 2.05) is 0 Å². The van der Waals surface area contributed by atoms with E-state index >= 15 is 0 Å². The molecule has 0 radical (unpaired) electrons. The highest BCUT2D eigenvalue weighted by molar-refractivity contribution is 5.92. The topological polar surface area (TPSA) is 91.6 Å². The van der Waals surface area contributed by atoms with Crippen molar-refractivity contribution in [1.82, 2.24) is 9.97 Å². The third-order valence-electron chi connectivity index (χ3n) is 3.26. The first-order valence-corrected chi connectivity index (χ1v) is 8.27. The standard InChI is InChI=1S/C17H20F2N6O/c1-2-3-4-8-20-21-11-16(26)23-13-7-5-6-12(9-13)22-15-10-14(18)24-17(19)25-15/h5-7,9-10H,2-4,8,11H2,1H3,(H,23,26)(H,22,24,25). The zero-order chi connectivity index (χ0) is 18.8. The van der Waals surface area contributed by atoms with Crippen molar-refractivity contribution in [2.75, 3.05) is 23.7 Å². The molecule has 0 spiro atoms. The first-order valence-electron chi connectivity index (χ1n) is 8.27. The molecule has 0 atom stereocenters. The number of hydrogen-bond donors (Lipinski definition) is 2. The summed E-state index contributed by atoms with van der Waals surface area (Å²) in [5.74, 6) is -1.31. The van der Waals surface area contributed by atoms with Gasteiger partial charge in [-0.3, -0.25) is 4.79 Å². The van der Waals surface area contributed by atoms with Gasteiger partial charge in [0.05, 0.1) is 6.54 Å². The van der Waals surface area contributed by atoms with Crippen molar-refractivity contribution in [3.05, 3.63) is 42.4 Å². The number of nitrogens with zero attached hydrogens (tertiary/aromatic N) is 4. The molecule has 0 fully saturated rings. The molecule has 2 rings (SSSR count). The average molecular weight is 362 g/mol. The quantitative estimate of drug-likeness (QED) is 0.304. The Kier molecular flexibility index (Phi) is 7.53. The molecule has 0 bridgehead atoms. The Morgan fingerprint density at radius 2 is 1.92 bits per heavy atom. The van der Waals surface area contributed by atoms with Crippen molar-refractivity contribution in [1.29, 1.82) is 0 Å². The van der Waals surface area contributed by atoms with Crippen LogP contribution in [0.3, 0.4) is 0 Å². The van der Waals surface area contributed by atoms with Crippen LogP contribution in [0, 0.1) is 12.0 Å². The number of nitrogens with one attached hydrogen (secondary N) is 2. The Hall–Kier alpha value is -2.97. The van der Waals surface area contributed by atoms with E-state index in [9.17, 15) is 13.6 Å². The number of unbranched alkanes of at least 4 members (excludes halogenated alkanes) is 2. The molecule has 0 unspecified atom stereocenters. The van der Waals surface area contributed by atoms with E-state index in [1.54, 1.807) is 24.3 Å². The highest BCUT2D eigenvalue weighted by Gasteiger charge is 2.06. The maximum absolute atomic E-state index is 13.1. The number of aromatic nitrogens is 2. The van der Waals surface area contributed by atoms with Gasteiger partial charge in [-0.15, -0.1) is 0 Å². The van der Waals surface area contributed by atoms with Gasteiger partial charge in [-0.25, -0.2) is 0 Å². The molecule has 0 aliphatic rings. The summed E-state index contributed by atoms with van der Waals surface area (Å²) in [5, 5.41) is 13.2. The van der Waals surface area contributed by atoms with Gasteiger partial charge in [0.15, 0.2) is 0 Å². The monoisotopic (exact) mass is 362 g/mol. The Labute approximate surface area is 150 Å². The summed E-state index contributed by atoms with van der Waals surface area (Å²) in [5.41, 5.74) is 1.01. The summed E-state index contributed by atoms with van der Waals surface area (Å²) in [4.78, 5) is 18.2. The highest BCUT2D eigenvalue weighted by Crippen LogP contribution is 2.19. The lowest BCUT2D eigenvalue weighted by Gasteiger charge is -2.08. The van der Waals surface area contributed by atoms with Gasteiger partial charge in [-0.1, -0.05) is 25.8 Å². The second-order valence-corrected chi connectivity index (χ2v) is 5.47. The number of hydrogen-bond acceptors (Lipinski definition) is 6. The molecule has 0 saturated heterocycles. The Morgan fingerprint density at radius 3 is 2.69 bits per heavy atom. The van der Waals surface area contributed by atoms with Crippen LogP contribution in [-0.4, -0.2) is 29.0 Å². The molecule has 2 aromatic rings. The van der Waals surface area contributed by atoms with Gasteiger partial charge in [0.1, 0.15) is 12.4 Å². The largest absolute Gasteiger partial charge is 0.340 e. The van der Waals surface area contributed by atoms with Crippen LogP contribution >= 0.6 is 0 Å². The smallest absolute Gasteiger partial charge is 0.313 e. The third-order valence-corrected chi connectivity index (χ3v) is 3.26. The van der Waals surface area contributed by atoms with Gasteiger partial charge < -0.3 is 10.6 Å².